The molecule has 1 saturated carbocycles. The van der Waals surface area contributed by atoms with E-state index in [2.05, 4.69) is 0 Å². The zero-order valence-corrected chi connectivity index (χ0v) is 10.5. The lowest BCUT2D eigenvalue weighted by Crippen LogP contribution is -2.48. The van der Waals surface area contributed by atoms with Crippen LogP contribution in [0.1, 0.15) is 30.7 Å². The Kier molecular flexibility index (Phi) is 2.60. The Labute approximate surface area is 111 Å². The van der Waals surface area contributed by atoms with Gasteiger partial charge in [0.1, 0.15) is 0 Å². The van der Waals surface area contributed by atoms with Gasteiger partial charge in [-0.2, -0.15) is 0 Å². The number of nitrogens with zero attached hydrogens (tertiary/aromatic N) is 1. The molecular formula is C14H16N2O3. The minimum Gasteiger partial charge on any atom is -0.481 e. The van der Waals surface area contributed by atoms with E-state index in [0.29, 0.717) is 37.1 Å². The molecule has 3 rings (SSSR count). The number of carbonyl (C=O) groups is 2. The van der Waals surface area contributed by atoms with Crippen LogP contribution in [0, 0.1) is 0 Å². The molecule has 0 bridgehead atoms. The van der Waals surface area contributed by atoms with E-state index in [1.807, 2.05) is 6.07 Å². The molecule has 1 atom stereocenters. The topological polar surface area (TPSA) is 83.6 Å². The maximum absolute atomic E-state index is 12.4. The van der Waals surface area contributed by atoms with Crippen LogP contribution in [0.2, 0.25) is 0 Å². The second-order valence-corrected chi connectivity index (χ2v) is 5.35. The number of anilines is 1. The summed E-state index contributed by atoms with van der Waals surface area (Å²) in [5.74, 6) is -1.45. The summed E-state index contributed by atoms with van der Waals surface area (Å²) in [6, 6.07) is 7.20. The standard InChI is InChI=1S/C14H16N2O3/c15-14(6-7-14)13(19)16-8-5-10(12(17)18)9-3-1-2-4-11(9)16/h1-4,10H,5-8,15H2,(H,17,18). The highest BCUT2D eigenvalue weighted by Gasteiger charge is 2.49. The summed E-state index contributed by atoms with van der Waals surface area (Å²) in [7, 11) is 0. The van der Waals surface area contributed by atoms with Crippen molar-refractivity contribution in [3.63, 3.8) is 0 Å². The number of carbonyl (C=O) groups excluding carboxylic acids is 1. The Balaban J connectivity index is 1.99. The third-order valence-electron chi connectivity index (χ3n) is 4.00. The van der Waals surface area contributed by atoms with Gasteiger partial charge in [-0.05, 0) is 30.9 Å². The highest BCUT2D eigenvalue weighted by Crippen LogP contribution is 2.40. The number of benzene rings is 1. The molecule has 1 aliphatic carbocycles. The van der Waals surface area contributed by atoms with Crippen LogP contribution in [0.25, 0.3) is 0 Å². The first-order valence-electron chi connectivity index (χ1n) is 6.45. The number of hydrogen-bond donors (Lipinski definition) is 2. The van der Waals surface area contributed by atoms with Gasteiger partial charge in [0.2, 0.25) is 5.91 Å². The highest BCUT2D eigenvalue weighted by atomic mass is 16.4. The van der Waals surface area contributed by atoms with Crippen molar-refractivity contribution < 1.29 is 14.7 Å². The van der Waals surface area contributed by atoms with Crippen LogP contribution in [-0.4, -0.2) is 29.1 Å². The molecule has 1 heterocycles. The van der Waals surface area contributed by atoms with Crippen LogP contribution < -0.4 is 10.6 Å². The molecule has 1 unspecified atom stereocenters. The molecular weight excluding hydrogens is 244 g/mol. The monoisotopic (exact) mass is 260 g/mol. The second kappa shape index (κ2) is 4.06. The summed E-state index contributed by atoms with van der Waals surface area (Å²) in [4.78, 5) is 25.3. The van der Waals surface area contributed by atoms with Crippen molar-refractivity contribution in [2.45, 2.75) is 30.7 Å². The fourth-order valence-corrected chi connectivity index (χ4v) is 2.65. The van der Waals surface area contributed by atoms with Crippen molar-refractivity contribution >= 4 is 17.6 Å². The van der Waals surface area contributed by atoms with E-state index < -0.39 is 17.4 Å². The van der Waals surface area contributed by atoms with E-state index in [1.54, 1.807) is 23.1 Å². The summed E-state index contributed by atoms with van der Waals surface area (Å²) in [5, 5.41) is 9.25. The minimum atomic E-state index is -0.839. The Bertz CT molecular complexity index is 551. The Morgan fingerprint density at radius 1 is 1.32 bits per heavy atom. The van der Waals surface area contributed by atoms with Crippen molar-refractivity contribution in [2.75, 3.05) is 11.4 Å². The first-order valence-corrected chi connectivity index (χ1v) is 6.45. The zero-order valence-electron chi connectivity index (χ0n) is 10.5. The Morgan fingerprint density at radius 3 is 2.63 bits per heavy atom. The molecule has 1 aliphatic heterocycles. The molecule has 1 fully saturated rings. The maximum Gasteiger partial charge on any atom is 0.311 e. The number of amides is 1. The molecule has 1 aromatic carbocycles. The van der Waals surface area contributed by atoms with Gasteiger partial charge in [-0.25, -0.2) is 0 Å². The van der Waals surface area contributed by atoms with E-state index in [4.69, 9.17) is 5.73 Å². The maximum atomic E-state index is 12.4. The van der Waals surface area contributed by atoms with Crippen LogP contribution in [0.5, 0.6) is 0 Å². The molecule has 19 heavy (non-hydrogen) atoms. The molecule has 0 saturated heterocycles. The molecule has 1 amide bonds. The third-order valence-corrected chi connectivity index (χ3v) is 4.00. The van der Waals surface area contributed by atoms with Gasteiger partial charge in [-0.1, -0.05) is 18.2 Å². The summed E-state index contributed by atoms with van der Waals surface area (Å²) in [6.07, 6.45) is 1.87. The smallest absolute Gasteiger partial charge is 0.311 e. The van der Waals surface area contributed by atoms with Gasteiger partial charge in [0.05, 0.1) is 11.5 Å². The Morgan fingerprint density at radius 2 is 2.00 bits per heavy atom. The van der Waals surface area contributed by atoms with Crippen LogP contribution in [0.4, 0.5) is 5.69 Å². The van der Waals surface area contributed by atoms with Gasteiger partial charge < -0.3 is 15.7 Å². The summed E-state index contributed by atoms with van der Waals surface area (Å²) < 4.78 is 0. The van der Waals surface area contributed by atoms with Crippen LogP contribution in [-0.2, 0) is 9.59 Å². The van der Waals surface area contributed by atoms with Gasteiger partial charge in [0.15, 0.2) is 0 Å². The summed E-state index contributed by atoms with van der Waals surface area (Å²) >= 11 is 0. The molecule has 3 N–H and O–H groups in total. The van der Waals surface area contributed by atoms with E-state index in [-0.39, 0.29) is 5.91 Å². The van der Waals surface area contributed by atoms with Crippen LogP contribution in [0.15, 0.2) is 24.3 Å². The molecule has 100 valence electrons. The number of nitrogens with two attached hydrogens (primary N) is 1. The largest absolute Gasteiger partial charge is 0.481 e. The van der Waals surface area contributed by atoms with E-state index in [9.17, 15) is 14.7 Å². The number of aliphatic carboxylic acids is 1. The van der Waals surface area contributed by atoms with Crippen molar-refractivity contribution in [2.24, 2.45) is 5.73 Å². The average Bonchev–Trinajstić information content (AvgIpc) is 3.15. The Hall–Kier alpha value is -1.88. The number of fused-ring (bicyclic) bond motifs is 1. The first-order chi connectivity index (χ1) is 9.03. The fourth-order valence-electron chi connectivity index (χ4n) is 2.65. The molecule has 0 radical (unpaired) electrons. The van der Waals surface area contributed by atoms with E-state index >= 15 is 0 Å². The lowest BCUT2D eigenvalue weighted by molar-refractivity contribution is -0.139. The lowest BCUT2D eigenvalue weighted by Gasteiger charge is -2.34. The minimum absolute atomic E-state index is 0.0798. The van der Waals surface area contributed by atoms with Crippen molar-refractivity contribution in [1.29, 1.82) is 0 Å². The van der Waals surface area contributed by atoms with Gasteiger partial charge in [-0.15, -0.1) is 0 Å². The quantitative estimate of drug-likeness (QED) is 0.833. The van der Waals surface area contributed by atoms with Crippen molar-refractivity contribution in [1.82, 2.24) is 0 Å². The van der Waals surface area contributed by atoms with Crippen LogP contribution in [0.3, 0.4) is 0 Å². The van der Waals surface area contributed by atoms with Crippen LogP contribution >= 0.6 is 0 Å². The molecule has 5 nitrogen and oxygen atoms in total. The van der Waals surface area contributed by atoms with Crippen molar-refractivity contribution in [3.05, 3.63) is 29.8 Å². The summed E-state index contributed by atoms with van der Waals surface area (Å²) in [6.45, 7) is 0.422. The molecule has 5 heteroatoms. The van der Waals surface area contributed by atoms with E-state index in [1.165, 1.54) is 0 Å². The highest BCUT2D eigenvalue weighted by molar-refractivity contribution is 6.03. The third kappa shape index (κ3) is 1.90. The van der Waals surface area contributed by atoms with Gasteiger partial charge in [-0.3, -0.25) is 9.59 Å². The predicted octanol–water partition coefficient (Wildman–Crippen LogP) is 1.08. The number of hydrogen-bond acceptors (Lipinski definition) is 3. The fraction of sp³-hybridized carbons (Fsp3) is 0.429. The number of carboxylic acids is 1. The number of para-hydroxylation sites is 1. The summed E-state index contributed by atoms with van der Waals surface area (Å²) in [5.41, 5.74) is 6.65. The molecule has 0 aromatic heterocycles. The van der Waals surface area contributed by atoms with Gasteiger partial charge in [0, 0.05) is 12.2 Å². The molecule has 2 aliphatic rings. The molecule has 1 aromatic rings. The number of carboxylic acid groups (broad SMARTS) is 1. The lowest BCUT2D eigenvalue weighted by atomic mass is 9.89. The number of rotatable bonds is 2. The second-order valence-electron chi connectivity index (χ2n) is 5.35. The van der Waals surface area contributed by atoms with Crippen molar-refractivity contribution in [3.8, 4) is 0 Å². The molecule has 0 spiro atoms. The first kappa shape index (κ1) is 12.2. The van der Waals surface area contributed by atoms with Gasteiger partial charge >= 0.3 is 5.97 Å². The zero-order chi connectivity index (χ0) is 13.6. The van der Waals surface area contributed by atoms with E-state index in [0.717, 1.165) is 0 Å². The SMILES string of the molecule is NC1(C(=O)N2CCC(C(=O)O)c3ccccc32)CC1. The predicted molar refractivity (Wildman–Crippen MR) is 69.9 cm³/mol. The van der Waals surface area contributed by atoms with Gasteiger partial charge in [0.25, 0.3) is 0 Å². The average molecular weight is 260 g/mol. The normalized spacial score (nSPS) is 23.6.